The molecule has 1 heterocycles. The van der Waals surface area contributed by atoms with Gasteiger partial charge in [-0.15, -0.1) is 0 Å². The van der Waals surface area contributed by atoms with E-state index in [9.17, 15) is 87.4 Å². The SMILES string of the molecule is CCOCCNC(=O)CCCN(C)C(=O)c1ccccc1-c1c2cc(S(=O)(=O)O)c(=NCc3ccc(S(=O)(=O)O)cc3S(=O)(=O)O)cc-2oc2cc(NCc3ccc(S(=O)(=O)O)cc3S(=O)(=O)O)c(S(=O)(=O)O)cc12. The van der Waals surface area contributed by atoms with Gasteiger partial charge in [0.15, 0.2) is 0 Å². The average Bonchev–Trinajstić information content (AvgIpc) is 3.30. The molecular formula is C43H44N4O22S6. The highest BCUT2D eigenvalue weighted by molar-refractivity contribution is 7.87. The number of hydrogen-bond donors (Lipinski definition) is 8. The van der Waals surface area contributed by atoms with Gasteiger partial charge in [-0.3, -0.25) is 41.9 Å². The second-order valence-electron chi connectivity index (χ2n) is 16.1. The maximum absolute atomic E-state index is 14.4. The van der Waals surface area contributed by atoms with Gasteiger partial charge in [-0.1, -0.05) is 30.3 Å². The number of hydrogen-bond acceptors (Lipinski definition) is 18. The highest BCUT2D eigenvalue weighted by Crippen LogP contribution is 2.44. The number of carbonyl (C=O) groups is 2. The molecule has 0 spiro atoms. The molecule has 0 aromatic heterocycles. The Morgan fingerprint density at radius 3 is 1.80 bits per heavy atom. The number of ether oxygens (including phenoxy) is 1. The number of nitrogens with one attached hydrogen (secondary N) is 2. The van der Waals surface area contributed by atoms with E-state index in [2.05, 4.69) is 15.6 Å². The third kappa shape index (κ3) is 14.0. The molecule has 404 valence electrons. The molecule has 8 N–H and O–H groups in total. The van der Waals surface area contributed by atoms with Crippen LogP contribution in [0.5, 0.6) is 0 Å². The molecule has 75 heavy (non-hydrogen) atoms. The maximum atomic E-state index is 14.4. The van der Waals surface area contributed by atoms with Crippen LogP contribution >= 0.6 is 0 Å². The minimum Gasteiger partial charge on any atom is -0.456 e. The van der Waals surface area contributed by atoms with Crippen molar-refractivity contribution in [2.75, 3.05) is 38.7 Å². The lowest BCUT2D eigenvalue weighted by atomic mass is 9.90. The minimum atomic E-state index is -5.39. The third-order valence-electron chi connectivity index (χ3n) is 11.0. The smallest absolute Gasteiger partial charge is 0.296 e. The molecule has 2 amide bonds. The summed E-state index contributed by atoms with van der Waals surface area (Å²) in [6.45, 7) is 1.13. The maximum Gasteiger partial charge on any atom is 0.296 e. The quantitative estimate of drug-likeness (QED) is 0.0291. The molecule has 32 heteroatoms. The van der Waals surface area contributed by atoms with Crippen molar-refractivity contribution in [2.24, 2.45) is 4.99 Å². The van der Waals surface area contributed by atoms with E-state index < -0.39 is 131 Å². The van der Waals surface area contributed by atoms with E-state index in [4.69, 9.17) is 9.15 Å². The Balaban J connectivity index is 1.61. The molecule has 6 rings (SSSR count). The zero-order chi connectivity index (χ0) is 55.6. The number of anilines is 1. The molecule has 0 bridgehead atoms. The number of nitrogens with zero attached hydrogens (tertiary/aromatic N) is 2. The molecule has 1 aliphatic carbocycles. The van der Waals surface area contributed by atoms with Crippen LogP contribution in [0.1, 0.15) is 41.3 Å². The Hall–Kier alpha value is -6.27. The molecule has 0 saturated heterocycles. The monoisotopic (exact) mass is 1160 g/mol. The molecule has 0 saturated carbocycles. The summed E-state index contributed by atoms with van der Waals surface area (Å²) in [6.07, 6.45) is 0.173. The van der Waals surface area contributed by atoms with Gasteiger partial charge in [-0.25, -0.2) is 0 Å². The standard InChI is InChI=1S/C43H44N4O22S6/c1-3-68-16-14-44-41(48)9-6-15-47(2)43(49)30-8-5-4-7-29(30)42-31-19-39(74(62,63)64)33(45-23-25-10-12-27(70(50,51)52)17-37(25)72(56,57)58)21-35(31)69-36-22-34(40(20-32(36)42)75(65,66)67)46-24-26-11-13-28(71(53,54)55)18-38(26)73(59,60)61/h4-5,7-8,10-13,17-22,45H,3,6,9,14-16,23-24H2,1-2H3,(H,44,48)(H,50,51,52)(H,53,54,55)(H,56,57,58)(H,59,60,61)(H,62,63,64)(H,65,66,67). The molecule has 2 aliphatic rings. The summed E-state index contributed by atoms with van der Waals surface area (Å²) in [6, 6.07) is 13.1. The Morgan fingerprint density at radius 1 is 0.653 bits per heavy atom. The summed E-state index contributed by atoms with van der Waals surface area (Å²) >= 11 is 0. The summed E-state index contributed by atoms with van der Waals surface area (Å²) < 4.78 is 221. The molecule has 26 nitrogen and oxygen atoms in total. The lowest BCUT2D eigenvalue weighted by Crippen LogP contribution is -2.31. The largest absolute Gasteiger partial charge is 0.456 e. The number of carbonyl (C=O) groups excluding carboxylic acids is 2. The van der Waals surface area contributed by atoms with Crippen molar-refractivity contribution in [3.63, 3.8) is 0 Å². The second kappa shape index (κ2) is 22.1. The zero-order valence-electron chi connectivity index (χ0n) is 38.8. The van der Waals surface area contributed by atoms with Crippen molar-refractivity contribution < 1.29 is 96.6 Å². The first kappa shape index (κ1) is 58.0. The molecule has 0 atom stereocenters. The van der Waals surface area contributed by atoms with Crippen LogP contribution in [0, 0.1) is 0 Å². The van der Waals surface area contributed by atoms with Crippen LogP contribution in [0.4, 0.5) is 5.69 Å². The van der Waals surface area contributed by atoms with Crippen molar-refractivity contribution in [2.45, 2.75) is 62.2 Å². The van der Waals surface area contributed by atoms with E-state index in [1.54, 1.807) is 6.92 Å². The van der Waals surface area contributed by atoms with Crippen LogP contribution in [0.15, 0.2) is 124 Å². The van der Waals surface area contributed by atoms with Gasteiger partial charge < -0.3 is 24.7 Å². The average molecular weight is 1160 g/mol. The van der Waals surface area contributed by atoms with E-state index in [0.29, 0.717) is 18.7 Å². The van der Waals surface area contributed by atoms with Gasteiger partial charge in [0.2, 0.25) is 5.91 Å². The van der Waals surface area contributed by atoms with Crippen LogP contribution in [-0.4, -0.2) is 128 Å². The van der Waals surface area contributed by atoms with Gasteiger partial charge in [0.1, 0.15) is 30.9 Å². The van der Waals surface area contributed by atoms with Gasteiger partial charge in [-0.2, -0.15) is 50.5 Å². The van der Waals surface area contributed by atoms with Crippen LogP contribution in [-0.2, 0) is 83.3 Å². The van der Waals surface area contributed by atoms with E-state index in [1.165, 1.54) is 36.2 Å². The Kier molecular flexibility index (Phi) is 17.1. The summed E-state index contributed by atoms with van der Waals surface area (Å²) in [5.41, 5.74) is -2.45. The summed E-state index contributed by atoms with van der Waals surface area (Å²) in [7, 11) is -29.9. The zero-order valence-corrected chi connectivity index (χ0v) is 43.7. The number of benzene rings is 5. The first-order valence-electron chi connectivity index (χ1n) is 21.3. The highest BCUT2D eigenvalue weighted by Gasteiger charge is 2.30. The Bertz CT molecular complexity index is 4010. The molecule has 4 aromatic rings. The first-order chi connectivity index (χ1) is 34.7. The topological polar surface area (TPSA) is 422 Å². The summed E-state index contributed by atoms with van der Waals surface area (Å²) in [5.74, 6) is -1.39. The van der Waals surface area contributed by atoms with E-state index in [-0.39, 0.29) is 77.4 Å². The third-order valence-corrected chi connectivity index (χ3v) is 16.4. The first-order valence-corrected chi connectivity index (χ1v) is 30.0. The van der Waals surface area contributed by atoms with Crippen molar-refractivity contribution in [3.8, 4) is 22.5 Å². The van der Waals surface area contributed by atoms with Gasteiger partial charge in [0, 0.05) is 73.9 Å². The number of rotatable bonds is 21. The lowest BCUT2D eigenvalue weighted by Gasteiger charge is -2.22. The van der Waals surface area contributed by atoms with Gasteiger partial charge in [0.25, 0.3) is 66.6 Å². The number of fused-ring (bicyclic) bond motifs is 2. The highest BCUT2D eigenvalue weighted by atomic mass is 32.2. The van der Waals surface area contributed by atoms with Crippen molar-refractivity contribution in [1.82, 2.24) is 10.2 Å². The molecule has 0 unspecified atom stereocenters. The van der Waals surface area contributed by atoms with E-state index in [1.807, 2.05) is 0 Å². The molecule has 1 aliphatic heterocycles. The van der Waals surface area contributed by atoms with Gasteiger partial charge in [0.05, 0.1) is 34.0 Å². The molecule has 4 aromatic carbocycles. The molecular weight excluding hydrogens is 1120 g/mol. The van der Waals surface area contributed by atoms with Crippen molar-refractivity contribution >= 4 is 89.2 Å². The summed E-state index contributed by atoms with van der Waals surface area (Å²) in [5, 5.41) is 4.29. The molecule has 0 fully saturated rings. The van der Waals surface area contributed by atoms with Crippen LogP contribution in [0.25, 0.3) is 33.4 Å². The fourth-order valence-corrected chi connectivity index (χ4v) is 11.6. The second-order valence-corrected chi connectivity index (χ2v) is 24.5. The van der Waals surface area contributed by atoms with Gasteiger partial charge >= 0.3 is 0 Å². The van der Waals surface area contributed by atoms with E-state index >= 15 is 0 Å². The normalized spacial score (nSPS) is 13.0. The lowest BCUT2D eigenvalue weighted by molar-refractivity contribution is -0.121. The number of amides is 2. The minimum absolute atomic E-state index is 0.00143. The van der Waals surface area contributed by atoms with Crippen molar-refractivity contribution in [1.29, 1.82) is 0 Å². The van der Waals surface area contributed by atoms with Crippen LogP contribution < -0.4 is 16.0 Å². The molecule has 0 radical (unpaired) electrons. The van der Waals surface area contributed by atoms with Gasteiger partial charge in [-0.05, 0) is 72.5 Å². The van der Waals surface area contributed by atoms with Crippen molar-refractivity contribution in [3.05, 3.63) is 107 Å². The van der Waals surface area contributed by atoms with Crippen LogP contribution in [0.2, 0.25) is 0 Å². The summed E-state index contributed by atoms with van der Waals surface area (Å²) in [4.78, 5) is 26.2. The predicted octanol–water partition coefficient (Wildman–Crippen LogP) is 3.40. The Morgan fingerprint density at radius 2 is 1.23 bits per heavy atom. The fourth-order valence-electron chi connectivity index (χ4n) is 7.58. The predicted molar refractivity (Wildman–Crippen MR) is 262 cm³/mol. The van der Waals surface area contributed by atoms with Crippen LogP contribution in [0.3, 0.4) is 0 Å². The van der Waals surface area contributed by atoms with E-state index in [0.717, 1.165) is 48.5 Å². The fraction of sp³-hybridized carbons (Fsp3) is 0.233. The Labute approximate surface area is 428 Å².